The Morgan fingerprint density at radius 3 is 2.53 bits per heavy atom. The Balaban J connectivity index is 3.40. The highest BCUT2D eigenvalue weighted by Crippen LogP contribution is 2.23. The minimum Gasteiger partial charge on any atom is -0.396 e. The third-order valence-electron chi connectivity index (χ3n) is 2.28. The summed E-state index contributed by atoms with van der Waals surface area (Å²) >= 11 is 0. The van der Waals surface area contributed by atoms with Gasteiger partial charge in [-0.25, -0.2) is 13.6 Å². The molecule has 1 atom stereocenters. The Morgan fingerprint density at radius 1 is 1.47 bits per heavy atom. The van der Waals surface area contributed by atoms with Gasteiger partial charge in [0.1, 0.15) is 0 Å². The molecule has 0 bridgehead atoms. The fraction of sp³-hybridized carbons (Fsp3) is 0.400. The van der Waals surface area contributed by atoms with Gasteiger partial charge < -0.3 is 5.11 Å². The van der Waals surface area contributed by atoms with Crippen LogP contribution < -0.4 is 5.14 Å². The van der Waals surface area contributed by atoms with Crippen LogP contribution in [-0.4, -0.2) is 20.1 Å². The smallest absolute Gasteiger partial charge is 0.238 e. The van der Waals surface area contributed by atoms with E-state index in [2.05, 4.69) is 0 Å². The molecule has 5 heteroatoms. The summed E-state index contributed by atoms with van der Waals surface area (Å²) in [5.74, 6) is -0.238. The number of sulfonamides is 1. The first-order valence-corrected chi connectivity index (χ1v) is 6.15. The summed E-state index contributed by atoms with van der Waals surface area (Å²) in [4.78, 5) is 0.0923. The molecular weight excluding hydrogens is 214 g/mol. The average Bonchev–Trinajstić information content (AvgIpc) is 2.14. The Labute approximate surface area is 89.8 Å². The predicted molar refractivity (Wildman–Crippen MR) is 58.1 cm³/mol. The Hall–Kier alpha value is -0.910. The van der Waals surface area contributed by atoms with E-state index in [0.29, 0.717) is 5.56 Å². The minimum atomic E-state index is -3.72. The van der Waals surface area contributed by atoms with Gasteiger partial charge in [-0.05, 0) is 18.6 Å². The highest BCUT2D eigenvalue weighted by molar-refractivity contribution is 7.89. The lowest BCUT2D eigenvalue weighted by Crippen LogP contribution is -2.16. The van der Waals surface area contributed by atoms with Gasteiger partial charge in [0.15, 0.2) is 0 Å². The van der Waals surface area contributed by atoms with Gasteiger partial charge in [0.05, 0.1) is 4.90 Å². The topological polar surface area (TPSA) is 80.4 Å². The van der Waals surface area contributed by atoms with Crippen LogP contribution in [0.25, 0.3) is 0 Å². The van der Waals surface area contributed by atoms with Crippen molar-refractivity contribution in [2.75, 3.05) is 6.61 Å². The van der Waals surface area contributed by atoms with Gasteiger partial charge in [-0.3, -0.25) is 0 Å². The van der Waals surface area contributed by atoms with Gasteiger partial charge in [0.2, 0.25) is 10.0 Å². The fourth-order valence-electron chi connectivity index (χ4n) is 1.41. The zero-order chi connectivity index (χ0) is 11.6. The molecule has 0 heterocycles. The van der Waals surface area contributed by atoms with Crippen molar-refractivity contribution in [1.82, 2.24) is 0 Å². The predicted octanol–water partition coefficient (Wildman–Crippen LogP) is 0.738. The lowest BCUT2D eigenvalue weighted by Gasteiger charge is -2.13. The maximum Gasteiger partial charge on any atom is 0.238 e. The van der Waals surface area contributed by atoms with E-state index >= 15 is 0 Å². The molecule has 0 aliphatic rings. The molecule has 0 saturated carbocycles. The molecule has 0 spiro atoms. The van der Waals surface area contributed by atoms with E-state index in [9.17, 15) is 8.42 Å². The van der Waals surface area contributed by atoms with Gasteiger partial charge >= 0.3 is 0 Å². The number of primary sulfonamides is 1. The summed E-state index contributed by atoms with van der Waals surface area (Å²) in [7, 11) is -3.72. The molecular formula is C10H15NO3S. The number of aryl methyl sites for hydroxylation is 1. The lowest BCUT2D eigenvalue weighted by molar-refractivity contribution is 0.271. The maximum absolute atomic E-state index is 11.3. The van der Waals surface area contributed by atoms with Crippen LogP contribution in [0.5, 0.6) is 0 Å². The summed E-state index contributed by atoms with van der Waals surface area (Å²) in [6.45, 7) is 3.51. The van der Waals surface area contributed by atoms with E-state index in [4.69, 9.17) is 10.2 Å². The second-order valence-electron chi connectivity index (χ2n) is 3.67. The van der Waals surface area contributed by atoms with Crippen molar-refractivity contribution in [3.8, 4) is 0 Å². The highest BCUT2D eigenvalue weighted by atomic mass is 32.2. The van der Waals surface area contributed by atoms with Gasteiger partial charge in [-0.15, -0.1) is 0 Å². The van der Waals surface area contributed by atoms with E-state index in [1.807, 2.05) is 6.92 Å². The van der Waals surface area contributed by atoms with Crippen molar-refractivity contribution in [3.05, 3.63) is 29.3 Å². The first-order chi connectivity index (χ1) is 6.86. The highest BCUT2D eigenvalue weighted by Gasteiger charge is 2.17. The Bertz CT molecular complexity index is 454. The molecule has 1 aromatic carbocycles. The van der Waals surface area contributed by atoms with Gasteiger partial charge in [0, 0.05) is 12.5 Å². The molecule has 0 aliphatic carbocycles. The molecule has 1 unspecified atom stereocenters. The third-order valence-corrected chi connectivity index (χ3v) is 3.26. The summed E-state index contributed by atoms with van der Waals surface area (Å²) in [6, 6.07) is 4.90. The zero-order valence-electron chi connectivity index (χ0n) is 8.77. The van der Waals surface area contributed by atoms with Gasteiger partial charge in [-0.2, -0.15) is 0 Å². The molecule has 0 amide bonds. The average molecular weight is 229 g/mol. The maximum atomic E-state index is 11.3. The van der Waals surface area contributed by atoms with Crippen LogP contribution in [0, 0.1) is 6.92 Å². The van der Waals surface area contributed by atoms with Crippen molar-refractivity contribution in [1.29, 1.82) is 0 Å². The summed E-state index contributed by atoms with van der Waals surface area (Å²) in [5.41, 5.74) is 1.51. The minimum absolute atomic E-state index is 0.0923. The molecule has 84 valence electrons. The van der Waals surface area contributed by atoms with Crippen LogP contribution in [0.3, 0.4) is 0 Å². The van der Waals surface area contributed by atoms with Crippen molar-refractivity contribution in [2.24, 2.45) is 5.14 Å². The second-order valence-corrected chi connectivity index (χ2v) is 5.20. The third kappa shape index (κ3) is 2.77. The van der Waals surface area contributed by atoms with Crippen molar-refractivity contribution in [3.63, 3.8) is 0 Å². The first kappa shape index (κ1) is 12.2. The molecule has 4 nitrogen and oxygen atoms in total. The summed E-state index contributed by atoms with van der Waals surface area (Å²) < 4.78 is 22.6. The molecule has 1 rings (SSSR count). The van der Waals surface area contributed by atoms with Crippen LogP contribution in [0.4, 0.5) is 0 Å². The quantitative estimate of drug-likeness (QED) is 0.802. The summed E-state index contributed by atoms with van der Waals surface area (Å²) in [5, 5.41) is 14.1. The molecule has 15 heavy (non-hydrogen) atoms. The molecule has 0 saturated heterocycles. The number of hydrogen-bond donors (Lipinski definition) is 2. The van der Waals surface area contributed by atoms with E-state index in [-0.39, 0.29) is 17.4 Å². The molecule has 0 aromatic heterocycles. The van der Waals surface area contributed by atoms with Crippen molar-refractivity contribution >= 4 is 10.0 Å². The molecule has 0 fully saturated rings. The largest absolute Gasteiger partial charge is 0.396 e. The van der Waals surface area contributed by atoms with Gasteiger partial charge in [-0.1, -0.05) is 24.6 Å². The van der Waals surface area contributed by atoms with E-state index in [1.165, 1.54) is 6.07 Å². The lowest BCUT2D eigenvalue weighted by atomic mass is 10.0. The van der Waals surface area contributed by atoms with Crippen LogP contribution in [0.15, 0.2) is 23.1 Å². The number of aliphatic hydroxyl groups is 1. The van der Waals surface area contributed by atoms with Crippen LogP contribution in [-0.2, 0) is 10.0 Å². The van der Waals surface area contributed by atoms with E-state index < -0.39 is 10.0 Å². The number of benzene rings is 1. The normalized spacial score (nSPS) is 13.9. The number of aliphatic hydroxyl groups excluding tert-OH is 1. The second kappa shape index (κ2) is 4.30. The number of rotatable bonds is 3. The van der Waals surface area contributed by atoms with Crippen molar-refractivity contribution < 1.29 is 13.5 Å². The number of nitrogens with two attached hydrogens (primary N) is 1. The zero-order valence-corrected chi connectivity index (χ0v) is 9.58. The Kier molecular flexibility index (Phi) is 3.49. The molecule has 0 aliphatic heterocycles. The molecule has 3 N–H and O–H groups in total. The number of hydrogen-bond acceptors (Lipinski definition) is 3. The van der Waals surface area contributed by atoms with E-state index in [0.717, 1.165) is 5.56 Å². The monoisotopic (exact) mass is 229 g/mol. The van der Waals surface area contributed by atoms with Crippen LogP contribution >= 0.6 is 0 Å². The fourth-order valence-corrected chi connectivity index (χ4v) is 2.26. The van der Waals surface area contributed by atoms with Crippen LogP contribution in [0.2, 0.25) is 0 Å². The molecule has 1 aromatic rings. The SMILES string of the molecule is Cc1ccc(S(N)(=O)=O)c(C(C)CO)c1. The van der Waals surface area contributed by atoms with Crippen molar-refractivity contribution in [2.45, 2.75) is 24.7 Å². The first-order valence-electron chi connectivity index (χ1n) is 4.60. The summed E-state index contributed by atoms with van der Waals surface area (Å²) in [6.07, 6.45) is 0. The van der Waals surface area contributed by atoms with E-state index in [1.54, 1.807) is 19.1 Å². The Morgan fingerprint density at radius 2 is 2.07 bits per heavy atom. The van der Waals surface area contributed by atoms with Crippen LogP contribution in [0.1, 0.15) is 24.0 Å². The van der Waals surface area contributed by atoms with Gasteiger partial charge in [0.25, 0.3) is 0 Å². The molecule has 0 radical (unpaired) electrons. The standard InChI is InChI=1S/C10H15NO3S/c1-7-3-4-10(15(11,13)14)9(5-7)8(2)6-12/h3-5,8,12H,6H2,1-2H3,(H2,11,13,14).